The molecule has 0 aromatic heterocycles. The van der Waals surface area contributed by atoms with Crippen LogP contribution in [-0.2, 0) is 16.0 Å². The minimum Gasteiger partial charge on any atom is -0.396 e. The predicted molar refractivity (Wildman–Crippen MR) is 101 cm³/mol. The van der Waals surface area contributed by atoms with Crippen molar-refractivity contribution < 1.29 is 9.59 Å². The topological polar surface area (TPSA) is 75.4 Å². The van der Waals surface area contributed by atoms with Crippen molar-refractivity contribution in [2.45, 2.75) is 19.3 Å². The molecule has 3 N–H and O–H groups in total. The lowest BCUT2D eigenvalue weighted by Gasteiger charge is -2.16. The van der Waals surface area contributed by atoms with E-state index in [-0.39, 0.29) is 23.9 Å². The van der Waals surface area contributed by atoms with Crippen LogP contribution in [0.3, 0.4) is 0 Å². The number of benzene rings is 2. The van der Waals surface area contributed by atoms with Crippen molar-refractivity contribution in [3.05, 3.63) is 52.0 Å². The molecule has 25 heavy (non-hydrogen) atoms. The molecule has 1 heterocycles. The average molecular weight is 378 g/mol. The first-order valence-corrected chi connectivity index (χ1v) is 8.63. The summed E-state index contributed by atoms with van der Waals surface area (Å²) in [6, 6.07) is 10.5. The van der Waals surface area contributed by atoms with E-state index >= 15 is 0 Å². The van der Waals surface area contributed by atoms with E-state index in [9.17, 15) is 9.59 Å². The molecule has 0 bridgehead atoms. The molecule has 5 nitrogen and oxygen atoms in total. The molecule has 2 amide bonds. The standard InChI is InChI=1S/C18H17Cl2N3O2/c19-14-9-12(10-15(20)18(14)21)22-16(24)8-11-3-5-13(6-4-11)23-7-1-2-17(23)25/h3-6,9-10H,1-2,7-8,21H2,(H,22,24). The van der Waals surface area contributed by atoms with Gasteiger partial charge in [-0.25, -0.2) is 0 Å². The van der Waals surface area contributed by atoms with E-state index < -0.39 is 0 Å². The summed E-state index contributed by atoms with van der Waals surface area (Å²) in [5.41, 5.74) is 8.17. The number of amides is 2. The molecule has 0 radical (unpaired) electrons. The number of carbonyl (C=O) groups is 2. The minimum atomic E-state index is -0.193. The van der Waals surface area contributed by atoms with Crippen LogP contribution in [-0.4, -0.2) is 18.4 Å². The zero-order valence-corrected chi connectivity index (χ0v) is 14.9. The molecule has 7 heteroatoms. The van der Waals surface area contributed by atoms with E-state index in [1.165, 1.54) is 0 Å². The zero-order valence-electron chi connectivity index (χ0n) is 13.4. The Hall–Kier alpha value is -2.24. The van der Waals surface area contributed by atoms with Crippen molar-refractivity contribution in [3.63, 3.8) is 0 Å². The summed E-state index contributed by atoms with van der Waals surface area (Å²) in [5.74, 6) is -0.0514. The number of halogens is 2. The SMILES string of the molecule is Nc1c(Cl)cc(NC(=O)Cc2ccc(N3CCCC3=O)cc2)cc1Cl. The van der Waals surface area contributed by atoms with Crippen LogP contribution >= 0.6 is 23.2 Å². The molecule has 0 atom stereocenters. The summed E-state index contributed by atoms with van der Waals surface area (Å²) in [7, 11) is 0. The van der Waals surface area contributed by atoms with Crippen molar-refractivity contribution in [2.75, 3.05) is 22.5 Å². The summed E-state index contributed by atoms with van der Waals surface area (Å²) >= 11 is 11.9. The molecule has 0 unspecified atom stereocenters. The van der Waals surface area contributed by atoms with Crippen LogP contribution < -0.4 is 16.0 Å². The predicted octanol–water partition coefficient (Wildman–Crippen LogP) is 3.88. The molecule has 0 aliphatic carbocycles. The number of hydrogen-bond donors (Lipinski definition) is 2. The van der Waals surface area contributed by atoms with Gasteiger partial charge in [0.05, 0.1) is 22.2 Å². The molecular weight excluding hydrogens is 361 g/mol. The summed E-state index contributed by atoms with van der Waals surface area (Å²) in [6.07, 6.45) is 1.68. The summed E-state index contributed by atoms with van der Waals surface area (Å²) < 4.78 is 0. The number of hydrogen-bond acceptors (Lipinski definition) is 3. The Kier molecular flexibility index (Phi) is 5.16. The number of nitrogens with one attached hydrogen (secondary N) is 1. The second-order valence-corrected chi connectivity index (χ2v) is 6.71. The number of nitrogens with two attached hydrogens (primary N) is 1. The largest absolute Gasteiger partial charge is 0.396 e. The molecule has 1 aliphatic heterocycles. The van der Waals surface area contributed by atoms with Gasteiger partial charge in [0.1, 0.15) is 0 Å². The summed E-state index contributed by atoms with van der Waals surface area (Å²) in [5, 5.41) is 3.34. The third kappa shape index (κ3) is 4.06. The molecule has 0 spiro atoms. The smallest absolute Gasteiger partial charge is 0.228 e. The fourth-order valence-corrected chi connectivity index (χ4v) is 3.25. The number of nitrogen functional groups attached to an aromatic ring is 1. The Labute approximate surface area is 155 Å². The third-order valence-corrected chi connectivity index (χ3v) is 4.67. The Bertz CT molecular complexity index is 799. The maximum Gasteiger partial charge on any atom is 0.228 e. The number of anilines is 3. The fourth-order valence-electron chi connectivity index (χ4n) is 2.76. The minimum absolute atomic E-state index is 0.141. The number of carbonyl (C=O) groups excluding carboxylic acids is 2. The number of rotatable bonds is 4. The second-order valence-electron chi connectivity index (χ2n) is 5.89. The highest BCUT2D eigenvalue weighted by Gasteiger charge is 2.21. The summed E-state index contributed by atoms with van der Waals surface area (Å²) in [6.45, 7) is 0.747. The lowest BCUT2D eigenvalue weighted by Crippen LogP contribution is -2.23. The van der Waals surface area contributed by atoms with Gasteiger partial charge in [-0.15, -0.1) is 0 Å². The van der Waals surface area contributed by atoms with Gasteiger partial charge in [-0.3, -0.25) is 9.59 Å². The van der Waals surface area contributed by atoms with E-state index in [2.05, 4.69) is 5.32 Å². The molecule has 1 saturated heterocycles. The highest BCUT2D eigenvalue weighted by Crippen LogP contribution is 2.31. The lowest BCUT2D eigenvalue weighted by atomic mass is 10.1. The van der Waals surface area contributed by atoms with Gasteiger partial charge in [0.15, 0.2) is 0 Å². The van der Waals surface area contributed by atoms with Crippen molar-refractivity contribution in [1.29, 1.82) is 0 Å². The van der Waals surface area contributed by atoms with Gasteiger partial charge >= 0.3 is 0 Å². The van der Waals surface area contributed by atoms with E-state index in [1.54, 1.807) is 17.0 Å². The maximum atomic E-state index is 12.2. The van der Waals surface area contributed by atoms with Gasteiger partial charge in [-0.05, 0) is 36.2 Å². The van der Waals surface area contributed by atoms with Crippen LogP contribution in [0.5, 0.6) is 0 Å². The van der Waals surface area contributed by atoms with Crippen molar-refractivity contribution in [1.82, 2.24) is 0 Å². The zero-order chi connectivity index (χ0) is 18.0. The Morgan fingerprint density at radius 1 is 1.16 bits per heavy atom. The van der Waals surface area contributed by atoms with Crippen LogP contribution in [0.4, 0.5) is 17.1 Å². The van der Waals surface area contributed by atoms with Gasteiger partial charge in [-0.2, -0.15) is 0 Å². The molecule has 1 aliphatic rings. The third-order valence-electron chi connectivity index (χ3n) is 4.05. The molecule has 2 aromatic rings. The highest BCUT2D eigenvalue weighted by molar-refractivity contribution is 6.39. The average Bonchev–Trinajstić information content (AvgIpc) is 2.99. The van der Waals surface area contributed by atoms with Crippen LogP contribution in [0.15, 0.2) is 36.4 Å². The van der Waals surface area contributed by atoms with Crippen LogP contribution in [0.1, 0.15) is 18.4 Å². The first-order valence-electron chi connectivity index (χ1n) is 7.88. The van der Waals surface area contributed by atoms with E-state index in [1.807, 2.05) is 24.3 Å². The molecule has 130 valence electrons. The lowest BCUT2D eigenvalue weighted by molar-refractivity contribution is -0.117. The van der Waals surface area contributed by atoms with E-state index in [0.717, 1.165) is 24.2 Å². The van der Waals surface area contributed by atoms with Crippen LogP contribution in [0.25, 0.3) is 0 Å². The van der Waals surface area contributed by atoms with Gasteiger partial charge < -0.3 is 16.0 Å². The number of nitrogens with zero attached hydrogens (tertiary/aromatic N) is 1. The molecule has 0 saturated carbocycles. The quantitative estimate of drug-likeness (QED) is 0.793. The highest BCUT2D eigenvalue weighted by atomic mass is 35.5. The Balaban J connectivity index is 1.64. The first kappa shape index (κ1) is 17.6. The Morgan fingerprint density at radius 3 is 2.36 bits per heavy atom. The second kappa shape index (κ2) is 7.33. The van der Waals surface area contributed by atoms with Gasteiger partial charge in [0, 0.05) is 24.3 Å². The normalized spacial score (nSPS) is 14.0. The van der Waals surface area contributed by atoms with Crippen LogP contribution in [0.2, 0.25) is 10.0 Å². The molecule has 2 aromatic carbocycles. The summed E-state index contributed by atoms with van der Waals surface area (Å²) in [4.78, 5) is 25.7. The van der Waals surface area contributed by atoms with Crippen LogP contribution in [0, 0.1) is 0 Å². The molecule has 1 fully saturated rings. The van der Waals surface area contributed by atoms with E-state index in [4.69, 9.17) is 28.9 Å². The van der Waals surface area contributed by atoms with Gasteiger partial charge in [0.25, 0.3) is 0 Å². The van der Waals surface area contributed by atoms with Crippen molar-refractivity contribution >= 4 is 52.1 Å². The van der Waals surface area contributed by atoms with E-state index in [0.29, 0.717) is 22.2 Å². The van der Waals surface area contributed by atoms with Gasteiger partial charge in [0.2, 0.25) is 11.8 Å². The first-order chi connectivity index (χ1) is 11.9. The van der Waals surface area contributed by atoms with Crippen molar-refractivity contribution in [3.8, 4) is 0 Å². The monoisotopic (exact) mass is 377 g/mol. The van der Waals surface area contributed by atoms with Gasteiger partial charge in [-0.1, -0.05) is 35.3 Å². The fraction of sp³-hybridized carbons (Fsp3) is 0.222. The molecule has 3 rings (SSSR count). The maximum absolute atomic E-state index is 12.2. The molecular formula is C18H17Cl2N3O2. The van der Waals surface area contributed by atoms with Crippen molar-refractivity contribution in [2.24, 2.45) is 0 Å². The Morgan fingerprint density at radius 2 is 1.80 bits per heavy atom.